The first-order chi connectivity index (χ1) is 10.1. The van der Waals surface area contributed by atoms with Gasteiger partial charge in [-0.25, -0.2) is 0 Å². The second kappa shape index (κ2) is 5.67. The maximum atomic E-state index is 2.49. The van der Waals surface area contributed by atoms with Gasteiger partial charge in [0.2, 0.25) is 0 Å². The first-order valence-electron chi connectivity index (χ1n) is 8.39. The van der Waals surface area contributed by atoms with Crippen LogP contribution in [0.3, 0.4) is 0 Å². The van der Waals surface area contributed by atoms with Crippen LogP contribution in [0.2, 0.25) is 0 Å². The highest BCUT2D eigenvalue weighted by molar-refractivity contribution is 5.78. The minimum Gasteiger partial charge on any atom is -0.0625 e. The summed E-state index contributed by atoms with van der Waals surface area (Å²) in [5.74, 6) is 0.726. The SMILES string of the molecule is CCc1ccc2c(c1)-c1cc(CC)c(CC(C)C)cc1C2. The van der Waals surface area contributed by atoms with Crippen molar-refractivity contribution in [1.82, 2.24) is 0 Å². The van der Waals surface area contributed by atoms with Crippen molar-refractivity contribution in [1.29, 1.82) is 0 Å². The zero-order valence-electron chi connectivity index (χ0n) is 13.8. The lowest BCUT2D eigenvalue weighted by atomic mass is 9.91. The Labute approximate surface area is 129 Å². The highest BCUT2D eigenvalue weighted by Gasteiger charge is 2.20. The number of rotatable bonds is 4. The molecule has 0 N–H and O–H groups in total. The zero-order chi connectivity index (χ0) is 15.0. The van der Waals surface area contributed by atoms with Gasteiger partial charge in [0.05, 0.1) is 0 Å². The summed E-state index contributed by atoms with van der Waals surface area (Å²) in [4.78, 5) is 0. The molecular formula is C21H26. The molecule has 0 atom stereocenters. The average Bonchev–Trinajstić information content (AvgIpc) is 2.82. The minimum absolute atomic E-state index is 0.726. The van der Waals surface area contributed by atoms with Crippen molar-refractivity contribution < 1.29 is 0 Å². The van der Waals surface area contributed by atoms with Gasteiger partial charge in [0, 0.05) is 0 Å². The normalized spacial score (nSPS) is 12.6. The van der Waals surface area contributed by atoms with E-state index in [4.69, 9.17) is 0 Å². The van der Waals surface area contributed by atoms with E-state index in [9.17, 15) is 0 Å². The van der Waals surface area contributed by atoms with Gasteiger partial charge in [-0.3, -0.25) is 0 Å². The largest absolute Gasteiger partial charge is 0.0625 e. The maximum Gasteiger partial charge on any atom is -0.00133 e. The molecule has 0 nitrogen and oxygen atoms in total. The zero-order valence-corrected chi connectivity index (χ0v) is 13.8. The van der Waals surface area contributed by atoms with Crippen molar-refractivity contribution in [3.63, 3.8) is 0 Å². The Morgan fingerprint density at radius 3 is 2.29 bits per heavy atom. The third-order valence-electron chi connectivity index (χ3n) is 4.69. The Morgan fingerprint density at radius 1 is 0.857 bits per heavy atom. The van der Waals surface area contributed by atoms with Gasteiger partial charge in [0.1, 0.15) is 0 Å². The molecule has 0 saturated carbocycles. The smallest absolute Gasteiger partial charge is 0.00133 e. The van der Waals surface area contributed by atoms with E-state index in [1.807, 2.05) is 0 Å². The fourth-order valence-electron chi connectivity index (χ4n) is 3.55. The monoisotopic (exact) mass is 278 g/mol. The van der Waals surface area contributed by atoms with Crippen LogP contribution in [0.25, 0.3) is 11.1 Å². The van der Waals surface area contributed by atoms with Crippen molar-refractivity contribution in [3.8, 4) is 11.1 Å². The summed E-state index contributed by atoms with van der Waals surface area (Å²) >= 11 is 0. The summed E-state index contributed by atoms with van der Waals surface area (Å²) < 4.78 is 0. The predicted octanol–water partition coefficient (Wildman–Crippen LogP) is 5.58. The third kappa shape index (κ3) is 2.64. The first kappa shape index (κ1) is 14.4. The first-order valence-corrected chi connectivity index (χ1v) is 8.39. The Morgan fingerprint density at radius 2 is 1.62 bits per heavy atom. The van der Waals surface area contributed by atoms with E-state index in [0.717, 1.165) is 25.2 Å². The van der Waals surface area contributed by atoms with E-state index in [-0.39, 0.29) is 0 Å². The van der Waals surface area contributed by atoms with Gasteiger partial charge in [0.25, 0.3) is 0 Å². The maximum absolute atomic E-state index is 2.49. The van der Waals surface area contributed by atoms with Crippen molar-refractivity contribution in [2.24, 2.45) is 5.92 Å². The molecule has 0 aromatic heterocycles. The van der Waals surface area contributed by atoms with Crippen LogP contribution in [-0.4, -0.2) is 0 Å². The molecule has 21 heavy (non-hydrogen) atoms. The summed E-state index contributed by atoms with van der Waals surface area (Å²) in [5.41, 5.74) is 10.6. The molecular weight excluding hydrogens is 252 g/mol. The van der Waals surface area contributed by atoms with E-state index < -0.39 is 0 Å². The summed E-state index contributed by atoms with van der Waals surface area (Å²) in [6.07, 6.45) is 4.57. The number of benzene rings is 2. The molecule has 2 aromatic rings. The van der Waals surface area contributed by atoms with Crippen LogP contribution in [0.5, 0.6) is 0 Å². The van der Waals surface area contributed by atoms with Crippen LogP contribution in [-0.2, 0) is 25.7 Å². The highest BCUT2D eigenvalue weighted by Crippen LogP contribution is 2.39. The number of hydrogen-bond acceptors (Lipinski definition) is 0. The lowest BCUT2D eigenvalue weighted by Gasteiger charge is -2.14. The lowest BCUT2D eigenvalue weighted by Crippen LogP contribution is -2.00. The Hall–Kier alpha value is -1.56. The van der Waals surface area contributed by atoms with Gasteiger partial charge < -0.3 is 0 Å². The van der Waals surface area contributed by atoms with Gasteiger partial charge in [0.15, 0.2) is 0 Å². The molecule has 0 radical (unpaired) electrons. The molecule has 0 heteroatoms. The Balaban J connectivity index is 2.09. The minimum atomic E-state index is 0.726. The third-order valence-corrected chi connectivity index (χ3v) is 4.69. The second-order valence-corrected chi connectivity index (χ2v) is 6.75. The number of fused-ring (bicyclic) bond motifs is 3. The van der Waals surface area contributed by atoms with Crippen LogP contribution >= 0.6 is 0 Å². The van der Waals surface area contributed by atoms with E-state index in [1.54, 1.807) is 5.56 Å². The second-order valence-electron chi connectivity index (χ2n) is 6.75. The molecule has 1 aliphatic carbocycles. The number of hydrogen-bond donors (Lipinski definition) is 0. The predicted molar refractivity (Wildman–Crippen MR) is 92.0 cm³/mol. The molecule has 1 aliphatic rings. The molecule has 0 saturated heterocycles. The van der Waals surface area contributed by atoms with Crippen LogP contribution in [0.15, 0.2) is 30.3 Å². The van der Waals surface area contributed by atoms with E-state index in [1.165, 1.54) is 39.8 Å². The van der Waals surface area contributed by atoms with Gasteiger partial charge >= 0.3 is 0 Å². The van der Waals surface area contributed by atoms with Crippen LogP contribution in [0.4, 0.5) is 0 Å². The summed E-state index contributed by atoms with van der Waals surface area (Å²) in [5, 5.41) is 0. The molecule has 0 fully saturated rings. The highest BCUT2D eigenvalue weighted by atomic mass is 14.2. The summed E-state index contributed by atoms with van der Waals surface area (Å²) in [6, 6.07) is 12.0. The molecule has 110 valence electrons. The van der Waals surface area contributed by atoms with E-state index in [0.29, 0.717) is 0 Å². The topological polar surface area (TPSA) is 0 Å². The van der Waals surface area contributed by atoms with Crippen LogP contribution in [0.1, 0.15) is 55.5 Å². The number of aryl methyl sites for hydroxylation is 2. The van der Waals surface area contributed by atoms with Gasteiger partial charge in [-0.15, -0.1) is 0 Å². The van der Waals surface area contributed by atoms with Crippen molar-refractivity contribution in [2.75, 3.05) is 0 Å². The van der Waals surface area contributed by atoms with Crippen molar-refractivity contribution >= 4 is 0 Å². The molecule has 3 rings (SSSR count). The van der Waals surface area contributed by atoms with E-state index >= 15 is 0 Å². The van der Waals surface area contributed by atoms with Crippen LogP contribution in [0, 0.1) is 5.92 Å². The van der Waals surface area contributed by atoms with Gasteiger partial charge in [-0.05, 0) is 70.5 Å². The fraction of sp³-hybridized carbons (Fsp3) is 0.429. The van der Waals surface area contributed by atoms with Crippen molar-refractivity contribution in [2.45, 2.75) is 53.4 Å². The molecule has 0 spiro atoms. The van der Waals surface area contributed by atoms with Crippen molar-refractivity contribution in [3.05, 3.63) is 58.1 Å². The van der Waals surface area contributed by atoms with Crippen LogP contribution < -0.4 is 0 Å². The molecule has 2 aromatic carbocycles. The molecule has 0 heterocycles. The summed E-state index contributed by atoms with van der Waals surface area (Å²) in [6.45, 7) is 9.15. The molecule has 0 bridgehead atoms. The summed E-state index contributed by atoms with van der Waals surface area (Å²) in [7, 11) is 0. The quantitative estimate of drug-likeness (QED) is 0.584. The molecule has 0 aliphatic heterocycles. The average molecular weight is 278 g/mol. The molecule has 0 amide bonds. The Bertz CT molecular complexity index is 662. The Kier molecular flexibility index (Phi) is 3.89. The van der Waals surface area contributed by atoms with Gasteiger partial charge in [-0.2, -0.15) is 0 Å². The van der Waals surface area contributed by atoms with E-state index in [2.05, 4.69) is 58.0 Å². The fourth-order valence-corrected chi connectivity index (χ4v) is 3.55. The standard InChI is InChI=1S/C21H26/c1-5-15-7-8-17-11-19-12-18(9-14(3)4)16(6-2)13-21(19)20(17)10-15/h7-8,10,12-14H,5-6,9,11H2,1-4H3. The lowest BCUT2D eigenvalue weighted by molar-refractivity contribution is 0.643. The van der Waals surface area contributed by atoms with Gasteiger partial charge in [-0.1, -0.05) is 58.0 Å². The molecule has 0 unspecified atom stereocenters.